The van der Waals surface area contributed by atoms with Crippen LogP contribution in [0.2, 0.25) is 0 Å². The summed E-state index contributed by atoms with van der Waals surface area (Å²) in [5.41, 5.74) is 2.68. The van der Waals surface area contributed by atoms with Gasteiger partial charge in [0.15, 0.2) is 10.9 Å². The van der Waals surface area contributed by atoms with Crippen molar-refractivity contribution >= 4 is 22.7 Å². The van der Waals surface area contributed by atoms with Gasteiger partial charge in [-0.15, -0.1) is 0 Å². The van der Waals surface area contributed by atoms with E-state index >= 15 is 0 Å². The number of nitrogens with zero attached hydrogens (tertiary/aromatic N) is 2. The number of halogens is 1. The maximum atomic E-state index is 14.7. The first-order valence-corrected chi connectivity index (χ1v) is 11.8. The molecule has 2 unspecified atom stereocenters. The molecule has 2 aromatic rings. The topological polar surface area (TPSA) is 66.1 Å². The number of benzene rings is 1. The third-order valence-electron chi connectivity index (χ3n) is 5.98. The average molecular weight is 442 g/mol. The average Bonchev–Trinajstić information content (AvgIpc) is 3.47. The van der Waals surface area contributed by atoms with Crippen LogP contribution in [0.25, 0.3) is 0 Å². The van der Waals surface area contributed by atoms with Crippen LogP contribution in [-0.4, -0.2) is 44.3 Å². The number of aromatic amines is 1. The molecule has 164 valence electrons. The number of hydrogen-bond acceptors (Lipinski definition) is 5. The molecule has 1 aliphatic heterocycles. The summed E-state index contributed by atoms with van der Waals surface area (Å²) in [6.45, 7) is 2.84. The minimum Gasteiger partial charge on any atom is -0.297 e. The maximum absolute atomic E-state index is 14.7. The summed E-state index contributed by atoms with van der Waals surface area (Å²) in [5.74, 6) is -0.159. The first-order valence-electron chi connectivity index (χ1n) is 10.9. The molecule has 4 rings (SSSR count). The lowest BCUT2D eigenvalue weighted by Crippen LogP contribution is -2.43. The van der Waals surface area contributed by atoms with Crippen molar-refractivity contribution in [2.45, 2.75) is 50.3 Å². The van der Waals surface area contributed by atoms with Crippen molar-refractivity contribution in [3.8, 4) is 0 Å². The van der Waals surface area contributed by atoms with Crippen LogP contribution in [0.3, 0.4) is 0 Å². The van der Waals surface area contributed by atoms with Gasteiger partial charge in [0, 0.05) is 48.6 Å². The van der Waals surface area contributed by atoms with E-state index in [2.05, 4.69) is 21.2 Å². The summed E-state index contributed by atoms with van der Waals surface area (Å²) in [6, 6.07) is 8.02. The fraction of sp³-hybridized carbons (Fsp3) is 0.458. The molecule has 1 saturated carbocycles. The molecule has 1 aliphatic carbocycles. The number of aryl methyl sites for hydroxylation is 1. The van der Waals surface area contributed by atoms with Crippen LogP contribution < -0.4 is 0 Å². The van der Waals surface area contributed by atoms with Crippen LogP contribution in [-0.2, 0) is 16.0 Å². The Morgan fingerprint density at radius 2 is 2.10 bits per heavy atom. The van der Waals surface area contributed by atoms with E-state index in [0.717, 1.165) is 43.4 Å². The molecule has 2 atom stereocenters. The fourth-order valence-electron chi connectivity index (χ4n) is 4.29. The molecule has 0 amide bonds. The van der Waals surface area contributed by atoms with E-state index in [1.54, 1.807) is 31.3 Å². The Bertz CT molecular complexity index is 955. The van der Waals surface area contributed by atoms with Crippen molar-refractivity contribution in [3.63, 3.8) is 0 Å². The molecule has 2 aliphatic rings. The van der Waals surface area contributed by atoms with Gasteiger partial charge >= 0.3 is 0 Å². The molecule has 1 aromatic heterocycles. The number of allylic oxidation sites excluding steroid dienone is 1. The summed E-state index contributed by atoms with van der Waals surface area (Å²) in [4.78, 5) is 27.1. The van der Waals surface area contributed by atoms with Crippen LogP contribution in [0, 0.1) is 11.7 Å². The highest BCUT2D eigenvalue weighted by atomic mass is 32.2. The fourth-order valence-corrected chi connectivity index (χ4v) is 5.24. The Morgan fingerprint density at radius 1 is 1.29 bits per heavy atom. The molecule has 2 fully saturated rings. The van der Waals surface area contributed by atoms with E-state index in [1.165, 1.54) is 17.8 Å². The molecule has 1 N–H and O–H groups in total. The minimum atomic E-state index is -0.562. The minimum absolute atomic E-state index is 0.0433. The second-order valence-electron chi connectivity index (χ2n) is 8.36. The predicted molar refractivity (Wildman–Crippen MR) is 120 cm³/mol. The number of Topliss-reactive ketones (excluding diaryl/α,β-unsaturated/α-hetero) is 1. The lowest BCUT2D eigenvalue weighted by molar-refractivity contribution is -0.126. The van der Waals surface area contributed by atoms with Gasteiger partial charge < -0.3 is 0 Å². The Hall–Kier alpha value is -2.25. The highest BCUT2D eigenvalue weighted by molar-refractivity contribution is 8.14. The summed E-state index contributed by atoms with van der Waals surface area (Å²) in [7, 11) is 0. The summed E-state index contributed by atoms with van der Waals surface area (Å²) in [5, 5.41) is 7.16. The number of piperidine rings is 1. The molecular weight excluding hydrogens is 413 g/mol. The van der Waals surface area contributed by atoms with Crippen molar-refractivity contribution in [3.05, 3.63) is 65.3 Å². The SMILES string of the molecule is CC(=O)SC1CCN(C(C(=O)C2CC2)c2ccccc2F)CC1=CCCc1ccn[nH]1. The van der Waals surface area contributed by atoms with Crippen molar-refractivity contribution in [2.75, 3.05) is 13.1 Å². The van der Waals surface area contributed by atoms with Gasteiger partial charge in [0.25, 0.3) is 0 Å². The maximum Gasteiger partial charge on any atom is 0.186 e. The predicted octanol–water partition coefficient (Wildman–Crippen LogP) is 4.48. The van der Waals surface area contributed by atoms with Gasteiger partial charge in [-0.05, 0) is 49.8 Å². The first-order chi connectivity index (χ1) is 15.0. The molecule has 1 saturated heterocycles. The standard InChI is InChI=1S/C24H28FN3O2S/c1-16(29)31-22-12-14-28(15-18(22)5-4-6-19-11-13-26-27-19)23(24(30)17-9-10-17)20-7-2-3-8-21(20)25/h2-3,5,7-8,11,13,17,22-23H,4,6,9-10,12,14-15H2,1H3,(H,26,27). The Labute approximate surface area is 186 Å². The molecule has 2 heterocycles. The number of H-pyrrole nitrogens is 1. The largest absolute Gasteiger partial charge is 0.297 e. The zero-order chi connectivity index (χ0) is 21.8. The third kappa shape index (κ3) is 5.52. The van der Waals surface area contributed by atoms with Gasteiger partial charge in [-0.25, -0.2) is 4.39 Å². The highest BCUT2D eigenvalue weighted by Crippen LogP contribution is 2.40. The van der Waals surface area contributed by atoms with Gasteiger partial charge in [0.05, 0.1) is 6.04 Å². The van der Waals surface area contributed by atoms with E-state index in [4.69, 9.17) is 0 Å². The summed E-state index contributed by atoms with van der Waals surface area (Å²) >= 11 is 1.36. The normalized spacial score (nSPS) is 21.9. The number of rotatable bonds is 8. The number of hydrogen-bond donors (Lipinski definition) is 1. The number of thioether (sulfide) groups is 1. The number of carbonyl (C=O) groups is 2. The van der Waals surface area contributed by atoms with Crippen LogP contribution in [0.1, 0.15) is 49.9 Å². The molecule has 0 radical (unpaired) electrons. The van der Waals surface area contributed by atoms with Crippen molar-refractivity contribution < 1.29 is 14.0 Å². The molecule has 0 spiro atoms. The quantitative estimate of drug-likeness (QED) is 0.612. The smallest absolute Gasteiger partial charge is 0.186 e. The zero-order valence-electron chi connectivity index (χ0n) is 17.7. The third-order valence-corrected chi connectivity index (χ3v) is 7.13. The molecule has 5 nitrogen and oxygen atoms in total. The van der Waals surface area contributed by atoms with Gasteiger partial charge in [-0.1, -0.05) is 36.0 Å². The van der Waals surface area contributed by atoms with E-state index < -0.39 is 6.04 Å². The van der Waals surface area contributed by atoms with Gasteiger partial charge in [-0.3, -0.25) is 19.6 Å². The summed E-state index contributed by atoms with van der Waals surface area (Å²) in [6.07, 6.45) is 8.14. The summed E-state index contributed by atoms with van der Waals surface area (Å²) < 4.78 is 14.7. The monoisotopic (exact) mass is 441 g/mol. The van der Waals surface area contributed by atoms with Crippen LogP contribution in [0.4, 0.5) is 4.39 Å². The molecular formula is C24H28FN3O2S. The highest BCUT2D eigenvalue weighted by Gasteiger charge is 2.41. The second-order valence-corrected chi connectivity index (χ2v) is 9.74. The Kier molecular flexibility index (Phi) is 7.02. The van der Waals surface area contributed by atoms with Crippen LogP contribution >= 0.6 is 11.8 Å². The van der Waals surface area contributed by atoms with Crippen molar-refractivity contribution in [1.82, 2.24) is 15.1 Å². The van der Waals surface area contributed by atoms with Gasteiger partial charge in [-0.2, -0.15) is 5.10 Å². The van der Waals surface area contributed by atoms with E-state index in [1.807, 2.05) is 6.07 Å². The number of nitrogens with one attached hydrogen (secondary N) is 1. The van der Waals surface area contributed by atoms with E-state index in [9.17, 15) is 14.0 Å². The van der Waals surface area contributed by atoms with E-state index in [0.29, 0.717) is 18.7 Å². The molecule has 1 aromatic carbocycles. The van der Waals surface area contributed by atoms with Crippen LogP contribution in [0.15, 0.2) is 48.2 Å². The Balaban J connectivity index is 1.56. The number of carbonyl (C=O) groups excluding carboxylic acids is 2. The van der Waals surface area contributed by atoms with Crippen molar-refractivity contribution in [2.24, 2.45) is 5.92 Å². The number of likely N-dealkylation sites (tertiary alicyclic amines) is 1. The van der Waals surface area contributed by atoms with Gasteiger partial charge in [0.1, 0.15) is 5.82 Å². The molecule has 7 heteroatoms. The lowest BCUT2D eigenvalue weighted by atomic mass is 9.93. The molecule has 0 bridgehead atoms. The van der Waals surface area contributed by atoms with E-state index in [-0.39, 0.29) is 27.9 Å². The second kappa shape index (κ2) is 9.92. The van der Waals surface area contributed by atoms with Crippen LogP contribution in [0.5, 0.6) is 0 Å². The first kappa shape index (κ1) is 22.0. The van der Waals surface area contributed by atoms with Crippen molar-refractivity contribution in [1.29, 1.82) is 0 Å². The number of ketones is 1. The number of aromatic nitrogens is 2. The molecule has 31 heavy (non-hydrogen) atoms. The Morgan fingerprint density at radius 3 is 2.77 bits per heavy atom. The lowest BCUT2D eigenvalue weighted by Gasteiger charge is -2.38. The zero-order valence-corrected chi connectivity index (χ0v) is 18.5. The van der Waals surface area contributed by atoms with Gasteiger partial charge in [0.2, 0.25) is 0 Å².